The molecule has 0 aliphatic carbocycles. The van der Waals surface area contributed by atoms with Gasteiger partial charge in [-0.1, -0.05) is 36.4 Å². The molecule has 3 aromatic rings. The van der Waals surface area contributed by atoms with Crippen LogP contribution in [0.3, 0.4) is 0 Å². The van der Waals surface area contributed by atoms with E-state index in [1.807, 2.05) is 30.3 Å². The smallest absolute Gasteiger partial charge is 0.251 e. The van der Waals surface area contributed by atoms with Gasteiger partial charge in [0.15, 0.2) is 11.6 Å². The Balaban J connectivity index is 1.59. The molecule has 27 heavy (non-hydrogen) atoms. The van der Waals surface area contributed by atoms with Crippen LogP contribution >= 0.6 is 0 Å². The molecule has 5 nitrogen and oxygen atoms in total. The molecule has 0 saturated heterocycles. The van der Waals surface area contributed by atoms with Crippen LogP contribution < -0.4 is 14.8 Å². The summed E-state index contributed by atoms with van der Waals surface area (Å²) in [7, 11) is 1.40. The fraction of sp³-hybridized carbons (Fsp3) is 0.143. The van der Waals surface area contributed by atoms with Crippen molar-refractivity contribution >= 4 is 5.91 Å². The SMILES string of the molecule is COc1ccc(CNC(=O)c2ccnc(OCc3ccccc3)c2)cc1F. The molecule has 0 spiro atoms. The van der Waals surface area contributed by atoms with Gasteiger partial charge in [0, 0.05) is 24.4 Å². The molecule has 0 fully saturated rings. The summed E-state index contributed by atoms with van der Waals surface area (Å²) in [6.45, 7) is 0.562. The Hall–Kier alpha value is -3.41. The number of pyridine rings is 1. The summed E-state index contributed by atoms with van der Waals surface area (Å²) in [6.07, 6.45) is 1.52. The summed E-state index contributed by atoms with van der Waals surface area (Å²) in [6, 6.07) is 17.4. The lowest BCUT2D eigenvalue weighted by Crippen LogP contribution is -2.23. The lowest BCUT2D eigenvalue weighted by Gasteiger charge is -2.09. The third kappa shape index (κ3) is 5.04. The second-order valence-corrected chi connectivity index (χ2v) is 5.81. The molecule has 3 rings (SSSR count). The highest BCUT2D eigenvalue weighted by atomic mass is 19.1. The van der Waals surface area contributed by atoms with Gasteiger partial charge >= 0.3 is 0 Å². The van der Waals surface area contributed by atoms with Crippen molar-refractivity contribution in [1.29, 1.82) is 0 Å². The topological polar surface area (TPSA) is 60.5 Å². The number of halogens is 1. The third-order valence-corrected chi connectivity index (χ3v) is 3.90. The Morgan fingerprint density at radius 1 is 1.07 bits per heavy atom. The van der Waals surface area contributed by atoms with E-state index in [2.05, 4.69) is 10.3 Å². The van der Waals surface area contributed by atoms with E-state index in [0.29, 0.717) is 23.6 Å². The zero-order chi connectivity index (χ0) is 19.1. The van der Waals surface area contributed by atoms with Crippen molar-refractivity contribution < 1.29 is 18.7 Å². The number of benzene rings is 2. The van der Waals surface area contributed by atoms with Crippen molar-refractivity contribution in [2.45, 2.75) is 13.2 Å². The Morgan fingerprint density at radius 2 is 1.89 bits per heavy atom. The minimum absolute atomic E-state index is 0.166. The summed E-state index contributed by atoms with van der Waals surface area (Å²) >= 11 is 0. The fourth-order valence-electron chi connectivity index (χ4n) is 2.47. The minimum atomic E-state index is -0.468. The summed E-state index contributed by atoms with van der Waals surface area (Å²) in [5.41, 5.74) is 2.06. The van der Waals surface area contributed by atoms with Gasteiger partial charge in [-0.2, -0.15) is 0 Å². The van der Waals surface area contributed by atoms with Crippen molar-refractivity contribution in [2.24, 2.45) is 0 Å². The van der Waals surface area contributed by atoms with E-state index in [1.54, 1.807) is 18.2 Å². The Morgan fingerprint density at radius 3 is 2.63 bits per heavy atom. The number of hydrogen-bond donors (Lipinski definition) is 1. The van der Waals surface area contributed by atoms with Crippen LogP contribution in [-0.2, 0) is 13.2 Å². The van der Waals surface area contributed by atoms with Crippen molar-refractivity contribution in [1.82, 2.24) is 10.3 Å². The second kappa shape index (κ2) is 8.80. The first kappa shape index (κ1) is 18.4. The number of ether oxygens (including phenoxy) is 2. The summed E-state index contributed by atoms with van der Waals surface area (Å²) < 4.78 is 24.2. The largest absolute Gasteiger partial charge is 0.494 e. The number of carbonyl (C=O) groups excluding carboxylic acids is 1. The maximum absolute atomic E-state index is 13.7. The molecule has 2 aromatic carbocycles. The quantitative estimate of drug-likeness (QED) is 0.692. The first-order chi connectivity index (χ1) is 13.2. The standard InChI is InChI=1S/C21H19FN2O3/c1-26-19-8-7-16(11-18(19)22)13-24-21(25)17-9-10-23-20(12-17)27-14-15-5-3-2-4-6-15/h2-12H,13-14H2,1H3,(H,24,25). The molecule has 0 unspecified atom stereocenters. The average molecular weight is 366 g/mol. The molecule has 0 atom stereocenters. The summed E-state index contributed by atoms with van der Waals surface area (Å²) in [4.78, 5) is 16.5. The van der Waals surface area contributed by atoms with E-state index in [0.717, 1.165) is 5.56 Å². The molecule has 0 saturated carbocycles. The van der Waals surface area contributed by atoms with Crippen LogP contribution in [0.1, 0.15) is 21.5 Å². The van der Waals surface area contributed by atoms with Crippen LogP contribution in [0.4, 0.5) is 4.39 Å². The normalized spacial score (nSPS) is 10.3. The lowest BCUT2D eigenvalue weighted by molar-refractivity contribution is 0.0950. The molecular formula is C21H19FN2O3. The Kier molecular flexibility index (Phi) is 5.99. The fourth-order valence-corrected chi connectivity index (χ4v) is 2.47. The second-order valence-electron chi connectivity index (χ2n) is 5.81. The predicted octanol–water partition coefficient (Wildman–Crippen LogP) is 3.74. The third-order valence-electron chi connectivity index (χ3n) is 3.90. The van der Waals surface area contributed by atoms with Crippen LogP contribution in [0.5, 0.6) is 11.6 Å². The highest BCUT2D eigenvalue weighted by molar-refractivity contribution is 5.94. The molecule has 0 bridgehead atoms. The molecule has 1 N–H and O–H groups in total. The Labute approximate surface area is 156 Å². The monoisotopic (exact) mass is 366 g/mol. The number of methoxy groups -OCH3 is 1. The van der Waals surface area contributed by atoms with E-state index in [-0.39, 0.29) is 18.2 Å². The van der Waals surface area contributed by atoms with Gasteiger partial charge in [-0.15, -0.1) is 0 Å². The molecule has 1 amide bonds. The number of carbonyl (C=O) groups is 1. The Bertz CT molecular complexity index is 916. The number of hydrogen-bond acceptors (Lipinski definition) is 4. The van der Waals surface area contributed by atoms with E-state index < -0.39 is 5.82 Å². The molecule has 0 radical (unpaired) electrons. The van der Waals surface area contributed by atoms with E-state index in [1.165, 1.54) is 25.4 Å². The maximum atomic E-state index is 13.7. The number of amides is 1. The van der Waals surface area contributed by atoms with Crippen LogP contribution in [0.15, 0.2) is 66.9 Å². The number of nitrogens with one attached hydrogen (secondary N) is 1. The molecule has 138 valence electrons. The van der Waals surface area contributed by atoms with Crippen LogP contribution in [0.25, 0.3) is 0 Å². The first-order valence-electron chi connectivity index (χ1n) is 8.39. The molecule has 1 aromatic heterocycles. The highest BCUT2D eigenvalue weighted by Gasteiger charge is 2.09. The van der Waals surface area contributed by atoms with Gasteiger partial charge in [0.05, 0.1) is 7.11 Å². The number of aromatic nitrogens is 1. The van der Waals surface area contributed by atoms with Crippen molar-refractivity contribution in [3.05, 3.63) is 89.4 Å². The number of rotatable bonds is 7. The minimum Gasteiger partial charge on any atom is -0.494 e. The van der Waals surface area contributed by atoms with Crippen molar-refractivity contribution in [3.63, 3.8) is 0 Å². The van der Waals surface area contributed by atoms with Crippen LogP contribution in [0, 0.1) is 5.82 Å². The van der Waals surface area contributed by atoms with Gasteiger partial charge in [0.2, 0.25) is 5.88 Å². The predicted molar refractivity (Wildman–Crippen MR) is 99.1 cm³/mol. The zero-order valence-corrected chi connectivity index (χ0v) is 14.8. The van der Waals surface area contributed by atoms with Crippen molar-refractivity contribution in [3.8, 4) is 11.6 Å². The molecule has 0 aliphatic heterocycles. The summed E-state index contributed by atoms with van der Waals surface area (Å²) in [5, 5.41) is 2.75. The average Bonchev–Trinajstić information content (AvgIpc) is 2.71. The van der Waals surface area contributed by atoms with E-state index in [9.17, 15) is 9.18 Å². The first-order valence-corrected chi connectivity index (χ1v) is 8.39. The molecular weight excluding hydrogens is 347 g/mol. The maximum Gasteiger partial charge on any atom is 0.251 e. The van der Waals surface area contributed by atoms with E-state index in [4.69, 9.17) is 9.47 Å². The van der Waals surface area contributed by atoms with Gasteiger partial charge in [-0.3, -0.25) is 4.79 Å². The van der Waals surface area contributed by atoms with E-state index >= 15 is 0 Å². The van der Waals surface area contributed by atoms with Gasteiger partial charge < -0.3 is 14.8 Å². The van der Waals surface area contributed by atoms with Gasteiger partial charge in [-0.05, 0) is 29.3 Å². The molecule has 0 aliphatic rings. The highest BCUT2D eigenvalue weighted by Crippen LogP contribution is 2.18. The van der Waals surface area contributed by atoms with Gasteiger partial charge in [0.1, 0.15) is 6.61 Å². The van der Waals surface area contributed by atoms with Crippen LogP contribution in [0.2, 0.25) is 0 Å². The molecule has 6 heteroatoms. The van der Waals surface area contributed by atoms with Gasteiger partial charge in [-0.25, -0.2) is 9.37 Å². The number of nitrogens with zero attached hydrogens (tertiary/aromatic N) is 1. The lowest BCUT2D eigenvalue weighted by atomic mass is 10.2. The zero-order valence-electron chi connectivity index (χ0n) is 14.8. The molecule has 1 heterocycles. The summed E-state index contributed by atoms with van der Waals surface area (Å²) in [5.74, 6) is -0.232. The van der Waals surface area contributed by atoms with Crippen LogP contribution in [-0.4, -0.2) is 18.0 Å². The van der Waals surface area contributed by atoms with Gasteiger partial charge in [0.25, 0.3) is 5.91 Å². The van der Waals surface area contributed by atoms with Crippen molar-refractivity contribution in [2.75, 3.05) is 7.11 Å².